The van der Waals surface area contributed by atoms with Gasteiger partial charge in [0.25, 0.3) is 5.91 Å². The van der Waals surface area contributed by atoms with Gasteiger partial charge >= 0.3 is 0 Å². The number of nitrogen functional groups attached to an aromatic ring is 1. The highest BCUT2D eigenvalue weighted by Crippen LogP contribution is 2.20. The SMILES string of the molecule is CCc1ccccc1NC(=O)c1nnn(CC(=O)Nc2ccc(C)c(Cl)c2)c1N. The van der Waals surface area contributed by atoms with Crippen LogP contribution in [0.3, 0.4) is 0 Å². The number of aryl methyl sites for hydroxylation is 2. The highest BCUT2D eigenvalue weighted by Gasteiger charge is 2.19. The Morgan fingerprint density at radius 2 is 1.93 bits per heavy atom. The number of amides is 2. The van der Waals surface area contributed by atoms with Crippen molar-refractivity contribution in [1.82, 2.24) is 15.0 Å². The zero-order valence-corrected chi connectivity index (χ0v) is 16.8. The minimum absolute atomic E-state index is 0.00793. The second-order valence-corrected chi connectivity index (χ2v) is 6.87. The molecule has 0 unspecified atom stereocenters. The fraction of sp³-hybridized carbons (Fsp3) is 0.200. The molecule has 2 amide bonds. The van der Waals surface area contributed by atoms with Gasteiger partial charge in [0.15, 0.2) is 11.5 Å². The molecular formula is C20H21ClN6O2. The normalized spacial score (nSPS) is 10.6. The molecule has 0 spiro atoms. The number of nitrogens with two attached hydrogens (primary N) is 1. The van der Waals surface area contributed by atoms with Crippen molar-refractivity contribution in [2.75, 3.05) is 16.4 Å². The van der Waals surface area contributed by atoms with E-state index in [-0.39, 0.29) is 24.0 Å². The van der Waals surface area contributed by atoms with Crippen LogP contribution in [0.4, 0.5) is 17.2 Å². The zero-order valence-electron chi connectivity index (χ0n) is 16.1. The zero-order chi connectivity index (χ0) is 21.0. The van der Waals surface area contributed by atoms with Gasteiger partial charge in [-0.3, -0.25) is 9.59 Å². The quantitative estimate of drug-likeness (QED) is 0.574. The first kappa shape index (κ1) is 20.3. The van der Waals surface area contributed by atoms with E-state index in [0.29, 0.717) is 16.4 Å². The molecule has 1 heterocycles. The number of halogens is 1. The number of benzene rings is 2. The average Bonchev–Trinajstić information content (AvgIpc) is 3.05. The Balaban J connectivity index is 1.69. The number of rotatable bonds is 6. The summed E-state index contributed by atoms with van der Waals surface area (Å²) in [5.74, 6) is -0.848. The smallest absolute Gasteiger partial charge is 0.280 e. The fourth-order valence-corrected chi connectivity index (χ4v) is 2.92. The molecule has 1 aromatic heterocycles. The van der Waals surface area contributed by atoms with Crippen molar-refractivity contribution < 1.29 is 9.59 Å². The fourth-order valence-electron chi connectivity index (χ4n) is 2.74. The average molecular weight is 413 g/mol. The Morgan fingerprint density at radius 1 is 1.17 bits per heavy atom. The van der Waals surface area contributed by atoms with Gasteiger partial charge in [-0.1, -0.05) is 48.0 Å². The third kappa shape index (κ3) is 4.72. The maximum atomic E-state index is 12.5. The Hall–Kier alpha value is -3.39. The van der Waals surface area contributed by atoms with Crippen LogP contribution in [-0.4, -0.2) is 26.8 Å². The summed E-state index contributed by atoms with van der Waals surface area (Å²) in [6.45, 7) is 3.67. The molecular weight excluding hydrogens is 392 g/mol. The Labute approximate surface area is 173 Å². The maximum Gasteiger partial charge on any atom is 0.280 e. The number of aromatic nitrogens is 3. The predicted molar refractivity (Wildman–Crippen MR) is 113 cm³/mol. The van der Waals surface area contributed by atoms with Crippen LogP contribution in [0, 0.1) is 6.92 Å². The van der Waals surface area contributed by atoms with Crippen molar-refractivity contribution in [2.45, 2.75) is 26.8 Å². The van der Waals surface area contributed by atoms with Crippen LogP contribution in [0.25, 0.3) is 0 Å². The van der Waals surface area contributed by atoms with Gasteiger partial charge in [-0.2, -0.15) is 0 Å². The largest absolute Gasteiger partial charge is 0.382 e. The summed E-state index contributed by atoms with van der Waals surface area (Å²) in [6, 6.07) is 12.7. The van der Waals surface area contributed by atoms with Crippen molar-refractivity contribution in [2.24, 2.45) is 0 Å². The number of anilines is 3. The minimum atomic E-state index is -0.486. The number of nitrogens with zero attached hydrogens (tertiary/aromatic N) is 3. The first-order valence-corrected chi connectivity index (χ1v) is 9.41. The molecule has 0 bridgehead atoms. The lowest BCUT2D eigenvalue weighted by atomic mass is 10.1. The molecule has 8 nitrogen and oxygen atoms in total. The van der Waals surface area contributed by atoms with Gasteiger partial charge in [-0.05, 0) is 42.7 Å². The molecule has 4 N–H and O–H groups in total. The minimum Gasteiger partial charge on any atom is -0.382 e. The molecule has 9 heteroatoms. The van der Waals surface area contributed by atoms with Crippen LogP contribution >= 0.6 is 11.6 Å². The van der Waals surface area contributed by atoms with Crippen molar-refractivity contribution >= 4 is 40.6 Å². The lowest BCUT2D eigenvalue weighted by molar-refractivity contribution is -0.116. The van der Waals surface area contributed by atoms with Crippen LogP contribution in [0.5, 0.6) is 0 Å². The number of hydrogen-bond donors (Lipinski definition) is 3. The molecule has 150 valence electrons. The second kappa shape index (κ2) is 8.74. The molecule has 0 aliphatic rings. The van der Waals surface area contributed by atoms with Gasteiger partial charge in [0, 0.05) is 16.4 Å². The molecule has 0 aliphatic heterocycles. The highest BCUT2D eigenvalue weighted by molar-refractivity contribution is 6.31. The van der Waals surface area contributed by atoms with Crippen molar-refractivity contribution in [3.63, 3.8) is 0 Å². The van der Waals surface area contributed by atoms with Gasteiger partial charge in [0.05, 0.1) is 0 Å². The first-order valence-electron chi connectivity index (χ1n) is 9.03. The lowest BCUT2D eigenvalue weighted by Crippen LogP contribution is -2.21. The van der Waals surface area contributed by atoms with Crippen molar-refractivity contribution in [3.8, 4) is 0 Å². The predicted octanol–water partition coefficient (Wildman–Crippen LogP) is 3.28. The van der Waals surface area contributed by atoms with E-state index in [1.165, 1.54) is 4.68 Å². The molecule has 0 saturated carbocycles. The molecule has 3 rings (SSSR count). The van der Waals surface area contributed by atoms with Crippen LogP contribution in [0.2, 0.25) is 5.02 Å². The molecule has 0 radical (unpaired) electrons. The molecule has 0 atom stereocenters. The summed E-state index contributed by atoms with van der Waals surface area (Å²) in [6.07, 6.45) is 0.766. The number of nitrogens with one attached hydrogen (secondary N) is 2. The molecule has 2 aromatic carbocycles. The molecule has 0 aliphatic carbocycles. The number of hydrogen-bond acceptors (Lipinski definition) is 5. The summed E-state index contributed by atoms with van der Waals surface area (Å²) in [7, 11) is 0. The van der Waals surface area contributed by atoms with Crippen LogP contribution in [0.1, 0.15) is 28.5 Å². The summed E-state index contributed by atoms with van der Waals surface area (Å²) in [5.41, 5.74) is 9.08. The number of carbonyl (C=O) groups excluding carboxylic acids is 2. The topological polar surface area (TPSA) is 115 Å². The van der Waals surface area contributed by atoms with E-state index >= 15 is 0 Å². The van der Waals surface area contributed by atoms with E-state index in [1.54, 1.807) is 24.3 Å². The van der Waals surface area contributed by atoms with Gasteiger partial charge in [0.2, 0.25) is 5.91 Å². The van der Waals surface area contributed by atoms with E-state index in [4.69, 9.17) is 17.3 Å². The van der Waals surface area contributed by atoms with E-state index < -0.39 is 5.91 Å². The first-order chi connectivity index (χ1) is 13.9. The summed E-state index contributed by atoms with van der Waals surface area (Å²) in [5, 5.41) is 13.7. The highest BCUT2D eigenvalue weighted by atomic mass is 35.5. The lowest BCUT2D eigenvalue weighted by Gasteiger charge is -2.09. The Kier molecular flexibility index (Phi) is 6.13. The Bertz CT molecular complexity index is 1060. The van der Waals surface area contributed by atoms with E-state index in [2.05, 4.69) is 20.9 Å². The Morgan fingerprint density at radius 3 is 2.66 bits per heavy atom. The summed E-state index contributed by atoms with van der Waals surface area (Å²) >= 11 is 6.07. The standard InChI is InChI=1S/C20H21ClN6O2/c1-3-13-6-4-5-7-16(13)24-20(29)18-19(22)27(26-25-18)11-17(28)23-14-9-8-12(2)15(21)10-14/h4-10H,3,11,22H2,1-2H3,(H,23,28)(H,24,29). The van der Waals surface area contributed by atoms with Crippen LogP contribution in [0.15, 0.2) is 42.5 Å². The van der Waals surface area contributed by atoms with E-state index in [1.807, 2.05) is 32.0 Å². The molecule has 0 saturated heterocycles. The maximum absolute atomic E-state index is 12.5. The van der Waals surface area contributed by atoms with Gasteiger partial charge in [-0.15, -0.1) is 5.10 Å². The van der Waals surface area contributed by atoms with Gasteiger partial charge in [-0.25, -0.2) is 4.68 Å². The van der Waals surface area contributed by atoms with Crippen LogP contribution < -0.4 is 16.4 Å². The number of carbonyl (C=O) groups is 2. The van der Waals surface area contributed by atoms with E-state index in [9.17, 15) is 9.59 Å². The molecule has 3 aromatic rings. The summed E-state index contributed by atoms with van der Waals surface area (Å²) < 4.78 is 1.17. The molecule has 29 heavy (non-hydrogen) atoms. The third-order valence-electron chi connectivity index (χ3n) is 4.38. The summed E-state index contributed by atoms with van der Waals surface area (Å²) in [4.78, 5) is 24.8. The monoisotopic (exact) mass is 412 g/mol. The molecule has 0 fully saturated rings. The van der Waals surface area contributed by atoms with Crippen LogP contribution in [-0.2, 0) is 17.8 Å². The second-order valence-electron chi connectivity index (χ2n) is 6.46. The van der Waals surface area contributed by atoms with Gasteiger partial charge in [0.1, 0.15) is 6.54 Å². The van der Waals surface area contributed by atoms with Crippen molar-refractivity contribution in [3.05, 3.63) is 64.3 Å². The van der Waals surface area contributed by atoms with Gasteiger partial charge < -0.3 is 16.4 Å². The van der Waals surface area contributed by atoms with E-state index in [0.717, 1.165) is 17.5 Å². The van der Waals surface area contributed by atoms with Crippen molar-refractivity contribution in [1.29, 1.82) is 0 Å². The third-order valence-corrected chi connectivity index (χ3v) is 4.79. The number of para-hydroxylation sites is 1.